The van der Waals surface area contributed by atoms with E-state index in [9.17, 15) is 10.2 Å². The molecule has 0 saturated heterocycles. The van der Waals surface area contributed by atoms with Crippen LogP contribution in [0.5, 0.6) is 0 Å². The molecule has 2 N–H and O–H groups in total. The van der Waals surface area contributed by atoms with Gasteiger partial charge in [-0.1, -0.05) is 13.3 Å². The molecule has 0 spiro atoms. The molecule has 1 aliphatic rings. The van der Waals surface area contributed by atoms with Gasteiger partial charge in [0.1, 0.15) is 6.10 Å². The van der Waals surface area contributed by atoms with Gasteiger partial charge < -0.3 is 14.9 Å². The van der Waals surface area contributed by atoms with Crippen LogP contribution in [0.15, 0.2) is 0 Å². The Morgan fingerprint density at radius 2 is 1.79 bits per heavy atom. The van der Waals surface area contributed by atoms with Crippen LogP contribution in [0, 0.1) is 5.92 Å². The third-order valence-corrected chi connectivity index (χ3v) is 2.78. The lowest BCUT2D eigenvalue weighted by molar-refractivity contribution is -0.114. The molecule has 3 heteroatoms. The van der Waals surface area contributed by atoms with E-state index < -0.39 is 12.2 Å². The Hall–Kier alpha value is -0.120. The smallest absolute Gasteiger partial charge is 0.106 e. The van der Waals surface area contributed by atoms with Crippen molar-refractivity contribution >= 4 is 0 Å². The number of rotatable bonds is 2. The molecule has 0 heterocycles. The van der Waals surface area contributed by atoms with E-state index in [1.165, 1.54) is 0 Å². The van der Waals surface area contributed by atoms with Crippen LogP contribution in [0.4, 0.5) is 0 Å². The van der Waals surface area contributed by atoms with Crippen molar-refractivity contribution in [3.05, 3.63) is 0 Å². The van der Waals surface area contributed by atoms with Gasteiger partial charge in [-0.05, 0) is 33.1 Å². The lowest BCUT2D eigenvalue weighted by Gasteiger charge is -2.27. The summed E-state index contributed by atoms with van der Waals surface area (Å²) in [5.74, 6) is 0.178. The summed E-state index contributed by atoms with van der Waals surface area (Å²) < 4.78 is 5.70. The van der Waals surface area contributed by atoms with Crippen molar-refractivity contribution in [3.63, 3.8) is 0 Å². The maximum absolute atomic E-state index is 9.75. The zero-order valence-corrected chi connectivity index (χ0v) is 9.53. The third-order valence-electron chi connectivity index (χ3n) is 2.78. The molecule has 1 fully saturated rings. The second-order valence-corrected chi connectivity index (χ2v) is 5.15. The normalized spacial score (nSPS) is 39.0. The number of hydrogen-bond acceptors (Lipinski definition) is 3. The maximum atomic E-state index is 9.75. The van der Waals surface area contributed by atoms with E-state index in [0.717, 1.165) is 12.8 Å². The van der Waals surface area contributed by atoms with Crippen LogP contribution in [0.3, 0.4) is 0 Å². The minimum Gasteiger partial charge on any atom is -0.390 e. The van der Waals surface area contributed by atoms with E-state index in [4.69, 9.17) is 4.74 Å². The molecule has 0 aromatic heterocycles. The van der Waals surface area contributed by atoms with Crippen molar-refractivity contribution in [2.24, 2.45) is 5.92 Å². The quantitative estimate of drug-likeness (QED) is 0.710. The summed E-state index contributed by atoms with van der Waals surface area (Å²) >= 11 is 0. The molecule has 1 aliphatic carbocycles. The van der Waals surface area contributed by atoms with Crippen molar-refractivity contribution in [3.8, 4) is 0 Å². The molecule has 1 unspecified atom stereocenters. The minimum atomic E-state index is -0.723. The van der Waals surface area contributed by atoms with Crippen molar-refractivity contribution in [1.29, 1.82) is 0 Å². The van der Waals surface area contributed by atoms with Crippen LogP contribution >= 0.6 is 0 Å². The number of ether oxygens (including phenoxy) is 1. The Morgan fingerprint density at radius 1 is 1.21 bits per heavy atom. The predicted molar refractivity (Wildman–Crippen MR) is 55.0 cm³/mol. The summed E-state index contributed by atoms with van der Waals surface area (Å²) in [6, 6.07) is 0. The Balaban J connectivity index is 2.57. The molecule has 0 radical (unpaired) electrons. The predicted octanol–water partition coefficient (Wildman–Crippen LogP) is 1.32. The molecule has 0 aromatic carbocycles. The maximum Gasteiger partial charge on any atom is 0.106 e. The molecule has 1 saturated carbocycles. The summed E-state index contributed by atoms with van der Waals surface area (Å²) in [4.78, 5) is 0. The van der Waals surface area contributed by atoms with Gasteiger partial charge in [-0.25, -0.2) is 0 Å². The lowest BCUT2D eigenvalue weighted by Crippen LogP contribution is -2.36. The molecule has 0 aromatic rings. The number of aliphatic hydroxyl groups is 2. The van der Waals surface area contributed by atoms with Crippen LogP contribution in [0.25, 0.3) is 0 Å². The third kappa shape index (κ3) is 2.69. The van der Waals surface area contributed by atoms with Gasteiger partial charge in [0.15, 0.2) is 0 Å². The van der Waals surface area contributed by atoms with E-state index >= 15 is 0 Å². The molecule has 14 heavy (non-hydrogen) atoms. The Morgan fingerprint density at radius 3 is 2.14 bits per heavy atom. The van der Waals surface area contributed by atoms with E-state index in [-0.39, 0.29) is 17.6 Å². The molecule has 0 bridgehead atoms. The highest BCUT2D eigenvalue weighted by atomic mass is 16.5. The fourth-order valence-electron chi connectivity index (χ4n) is 2.06. The Labute approximate surface area is 86.1 Å². The molecule has 0 amide bonds. The van der Waals surface area contributed by atoms with Crippen LogP contribution in [-0.2, 0) is 4.74 Å². The van der Waals surface area contributed by atoms with Gasteiger partial charge in [-0.3, -0.25) is 0 Å². The number of aliphatic hydroxyl groups excluding tert-OH is 2. The zero-order chi connectivity index (χ0) is 10.9. The first-order chi connectivity index (χ1) is 6.35. The van der Waals surface area contributed by atoms with Crippen molar-refractivity contribution in [2.75, 3.05) is 0 Å². The molecule has 1 rings (SSSR count). The van der Waals surface area contributed by atoms with E-state index in [0.29, 0.717) is 0 Å². The fraction of sp³-hybridized carbons (Fsp3) is 1.00. The van der Waals surface area contributed by atoms with Gasteiger partial charge in [-0.2, -0.15) is 0 Å². The summed E-state index contributed by atoms with van der Waals surface area (Å²) in [5, 5.41) is 19.4. The molecular formula is C11H22O3. The van der Waals surface area contributed by atoms with Gasteiger partial charge in [0.25, 0.3) is 0 Å². The largest absolute Gasteiger partial charge is 0.390 e. The minimum absolute atomic E-state index is 0.178. The summed E-state index contributed by atoms with van der Waals surface area (Å²) in [7, 11) is 0. The summed E-state index contributed by atoms with van der Waals surface area (Å²) in [6.45, 7) is 7.92. The first-order valence-electron chi connectivity index (χ1n) is 5.39. The van der Waals surface area contributed by atoms with Crippen molar-refractivity contribution in [2.45, 2.75) is 64.4 Å². The van der Waals surface area contributed by atoms with Gasteiger partial charge in [0.2, 0.25) is 0 Å². The number of hydrogen-bond donors (Lipinski definition) is 2. The topological polar surface area (TPSA) is 49.7 Å². The molecule has 3 nitrogen and oxygen atoms in total. The van der Waals surface area contributed by atoms with Crippen LogP contribution in [-0.4, -0.2) is 34.1 Å². The van der Waals surface area contributed by atoms with E-state index in [1.54, 1.807) is 0 Å². The highest BCUT2D eigenvalue weighted by molar-refractivity contribution is 4.92. The van der Waals surface area contributed by atoms with Crippen molar-refractivity contribution < 1.29 is 14.9 Å². The van der Waals surface area contributed by atoms with Crippen molar-refractivity contribution in [1.82, 2.24) is 0 Å². The molecule has 84 valence electrons. The highest BCUT2D eigenvalue weighted by Crippen LogP contribution is 2.33. The first-order valence-corrected chi connectivity index (χ1v) is 5.39. The SMILES string of the molecule is CC[C@H]1C[C@@H](OC(C)(C)C)C(O)[C@H]1O. The van der Waals surface area contributed by atoms with Crippen LogP contribution in [0.2, 0.25) is 0 Å². The summed E-state index contributed by atoms with van der Waals surface area (Å²) in [6.07, 6.45) is 0.0969. The lowest BCUT2D eigenvalue weighted by atomic mass is 10.0. The average molecular weight is 202 g/mol. The van der Waals surface area contributed by atoms with E-state index in [1.807, 2.05) is 27.7 Å². The van der Waals surface area contributed by atoms with E-state index in [2.05, 4.69) is 0 Å². The van der Waals surface area contributed by atoms with Gasteiger partial charge >= 0.3 is 0 Å². The van der Waals surface area contributed by atoms with Crippen LogP contribution in [0.1, 0.15) is 40.5 Å². The zero-order valence-electron chi connectivity index (χ0n) is 9.53. The average Bonchev–Trinajstić information content (AvgIpc) is 2.30. The van der Waals surface area contributed by atoms with Gasteiger partial charge in [0.05, 0.1) is 17.8 Å². The van der Waals surface area contributed by atoms with Gasteiger partial charge in [-0.15, -0.1) is 0 Å². The van der Waals surface area contributed by atoms with Gasteiger partial charge in [0, 0.05) is 0 Å². The fourth-order valence-corrected chi connectivity index (χ4v) is 2.06. The second-order valence-electron chi connectivity index (χ2n) is 5.15. The summed E-state index contributed by atoms with van der Waals surface area (Å²) in [5.41, 5.74) is -0.256. The molecular weight excluding hydrogens is 180 g/mol. The van der Waals surface area contributed by atoms with Crippen LogP contribution < -0.4 is 0 Å². The monoisotopic (exact) mass is 202 g/mol. The molecule has 0 aliphatic heterocycles. The Kier molecular flexibility index (Phi) is 3.56. The first kappa shape index (κ1) is 12.0. The molecule has 4 atom stereocenters. The Bertz CT molecular complexity index is 185. The second kappa shape index (κ2) is 4.17. The highest BCUT2D eigenvalue weighted by Gasteiger charge is 2.42. The standard InChI is InChI=1S/C11H22O3/c1-5-7-6-8(10(13)9(7)12)14-11(2,3)4/h7-10,12-13H,5-6H2,1-4H3/t7-,8+,9-,10?/m0/s1.